The summed E-state index contributed by atoms with van der Waals surface area (Å²) >= 11 is 0. The van der Waals surface area contributed by atoms with E-state index in [2.05, 4.69) is 4.98 Å². The number of carbonyl (C=O) groups excluding carboxylic acids is 1. The van der Waals surface area contributed by atoms with E-state index >= 15 is 0 Å². The average Bonchev–Trinajstić information content (AvgIpc) is 2.39. The Balaban J connectivity index is 2.48. The Morgan fingerprint density at radius 3 is 2.67 bits per heavy atom. The summed E-state index contributed by atoms with van der Waals surface area (Å²) in [5, 5.41) is 10.6. The number of hydrogen-bond acceptors (Lipinski definition) is 4. The maximum absolute atomic E-state index is 13.5. The molecule has 0 N–H and O–H groups in total. The van der Waals surface area contributed by atoms with Crippen LogP contribution in [0.3, 0.4) is 0 Å². The van der Waals surface area contributed by atoms with Crippen LogP contribution in [-0.4, -0.2) is 15.7 Å². The van der Waals surface area contributed by atoms with Gasteiger partial charge in [-0.05, 0) is 18.2 Å². The Morgan fingerprint density at radius 1 is 1.28 bits per heavy atom. The van der Waals surface area contributed by atoms with E-state index in [0.717, 1.165) is 18.2 Å². The lowest BCUT2D eigenvalue weighted by Crippen LogP contribution is -2.07. The monoisotopic (exact) mass is 246 g/mol. The predicted molar refractivity (Wildman–Crippen MR) is 60.7 cm³/mol. The molecule has 0 bridgehead atoms. The molecule has 2 aromatic rings. The Morgan fingerprint density at radius 2 is 2.06 bits per heavy atom. The molecule has 6 heteroatoms. The first-order valence-corrected chi connectivity index (χ1v) is 4.99. The molecule has 0 amide bonds. The van der Waals surface area contributed by atoms with E-state index in [-0.39, 0.29) is 16.9 Å². The van der Waals surface area contributed by atoms with Gasteiger partial charge < -0.3 is 0 Å². The van der Waals surface area contributed by atoms with Crippen molar-refractivity contribution in [1.82, 2.24) is 4.98 Å². The molecule has 0 unspecified atom stereocenters. The number of halogens is 1. The predicted octanol–water partition coefficient (Wildman–Crippen LogP) is 2.36. The highest BCUT2D eigenvalue weighted by atomic mass is 19.1. The third-order valence-corrected chi connectivity index (χ3v) is 2.30. The van der Waals surface area contributed by atoms with E-state index in [0.29, 0.717) is 0 Å². The minimum atomic E-state index is -0.809. The molecular formula is C12H7FN2O3. The van der Waals surface area contributed by atoms with Gasteiger partial charge in [-0.2, -0.15) is 0 Å². The summed E-state index contributed by atoms with van der Waals surface area (Å²) in [5.41, 5.74) is -0.657. The van der Waals surface area contributed by atoms with Crippen molar-refractivity contribution in [2.24, 2.45) is 0 Å². The molecule has 2 rings (SSSR count). The van der Waals surface area contributed by atoms with Gasteiger partial charge in [0, 0.05) is 18.3 Å². The Bertz CT molecular complexity index is 614. The van der Waals surface area contributed by atoms with Crippen molar-refractivity contribution in [2.45, 2.75) is 0 Å². The first kappa shape index (κ1) is 11.8. The van der Waals surface area contributed by atoms with Gasteiger partial charge in [-0.15, -0.1) is 0 Å². The molecule has 5 nitrogen and oxygen atoms in total. The summed E-state index contributed by atoms with van der Waals surface area (Å²) in [7, 11) is 0. The zero-order valence-corrected chi connectivity index (χ0v) is 9.04. The van der Waals surface area contributed by atoms with E-state index in [1.807, 2.05) is 0 Å². The maximum Gasteiger partial charge on any atom is 0.270 e. The van der Waals surface area contributed by atoms with Gasteiger partial charge in [0.15, 0.2) is 0 Å². The van der Waals surface area contributed by atoms with E-state index in [1.165, 1.54) is 12.3 Å². The van der Waals surface area contributed by atoms with Gasteiger partial charge in [-0.25, -0.2) is 4.39 Å². The van der Waals surface area contributed by atoms with E-state index in [1.54, 1.807) is 12.1 Å². The molecule has 0 saturated carbocycles. The highest BCUT2D eigenvalue weighted by Gasteiger charge is 2.18. The lowest BCUT2D eigenvalue weighted by Gasteiger charge is -2.01. The normalized spacial score (nSPS) is 10.1. The molecule has 0 atom stereocenters. The molecule has 0 aliphatic rings. The van der Waals surface area contributed by atoms with Crippen LogP contribution in [0, 0.1) is 15.9 Å². The van der Waals surface area contributed by atoms with Crippen LogP contribution in [-0.2, 0) is 0 Å². The standard InChI is InChI=1S/C12H7FN2O3/c13-10-5-4-8(15(17)18)7-9(10)12(16)11-3-1-2-6-14-11/h1-7H. The number of benzene rings is 1. The Kier molecular flexibility index (Phi) is 3.09. The third-order valence-electron chi connectivity index (χ3n) is 2.30. The van der Waals surface area contributed by atoms with Crippen LogP contribution in [0.1, 0.15) is 16.1 Å². The number of nitrogens with zero attached hydrogens (tertiary/aromatic N) is 2. The van der Waals surface area contributed by atoms with Gasteiger partial charge in [0.1, 0.15) is 11.5 Å². The summed E-state index contributed by atoms with van der Waals surface area (Å²) in [6.45, 7) is 0. The summed E-state index contributed by atoms with van der Waals surface area (Å²) < 4.78 is 13.5. The number of carbonyl (C=O) groups is 1. The van der Waals surface area contributed by atoms with Gasteiger partial charge in [0.05, 0.1) is 10.5 Å². The van der Waals surface area contributed by atoms with Crippen LogP contribution >= 0.6 is 0 Å². The third kappa shape index (κ3) is 2.22. The number of non-ortho nitro benzene ring substituents is 1. The van der Waals surface area contributed by atoms with Crippen LogP contribution in [0.5, 0.6) is 0 Å². The highest BCUT2D eigenvalue weighted by Crippen LogP contribution is 2.19. The lowest BCUT2D eigenvalue weighted by atomic mass is 10.1. The SMILES string of the molecule is O=C(c1ccccn1)c1cc([N+](=O)[O-])ccc1F. The fraction of sp³-hybridized carbons (Fsp3) is 0. The molecule has 0 radical (unpaired) electrons. The number of nitro benzene ring substituents is 1. The van der Waals surface area contributed by atoms with Crippen LogP contribution < -0.4 is 0 Å². The van der Waals surface area contributed by atoms with Gasteiger partial charge in [-0.3, -0.25) is 19.9 Å². The van der Waals surface area contributed by atoms with E-state index < -0.39 is 16.5 Å². The van der Waals surface area contributed by atoms with Crippen molar-refractivity contribution in [1.29, 1.82) is 0 Å². The Labute approximate surface area is 101 Å². The molecule has 18 heavy (non-hydrogen) atoms. The fourth-order valence-electron chi connectivity index (χ4n) is 1.44. The summed E-state index contributed by atoms with van der Waals surface area (Å²) in [6, 6.07) is 7.42. The zero-order valence-electron chi connectivity index (χ0n) is 9.04. The molecule has 0 spiro atoms. The summed E-state index contributed by atoms with van der Waals surface area (Å²) in [5.74, 6) is -1.49. The van der Waals surface area contributed by atoms with Crippen molar-refractivity contribution < 1.29 is 14.1 Å². The molecule has 1 heterocycles. The molecule has 0 aliphatic carbocycles. The second kappa shape index (κ2) is 4.70. The summed E-state index contributed by atoms with van der Waals surface area (Å²) in [6.07, 6.45) is 1.39. The Hall–Kier alpha value is -2.63. The van der Waals surface area contributed by atoms with Crippen LogP contribution in [0.4, 0.5) is 10.1 Å². The van der Waals surface area contributed by atoms with Gasteiger partial charge in [0.2, 0.25) is 5.78 Å². The highest BCUT2D eigenvalue weighted by molar-refractivity contribution is 6.08. The molecular weight excluding hydrogens is 239 g/mol. The molecule has 0 fully saturated rings. The van der Waals surface area contributed by atoms with E-state index in [9.17, 15) is 19.3 Å². The topological polar surface area (TPSA) is 73.1 Å². The van der Waals surface area contributed by atoms with Crippen molar-refractivity contribution in [3.63, 3.8) is 0 Å². The number of hydrogen-bond donors (Lipinski definition) is 0. The molecule has 1 aromatic carbocycles. The largest absolute Gasteiger partial charge is 0.287 e. The zero-order chi connectivity index (χ0) is 13.1. The second-order valence-corrected chi connectivity index (χ2v) is 3.47. The van der Waals surface area contributed by atoms with Crippen molar-refractivity contribution in [2.75, 3.05) is 0 Å². The minimum Gasteiger partial charge on any atom is -0.287 e. The van der Waals surface area contributed by atoms with Gasteiger partial charge >= 0.3 is 0 Å². The van der Waals surface area contributed by atoms with Crippen LogP contribution in [0.15, 0.2) is 42.6 Å². The quantitative estimate of drug-likeness (QED) is 0.473. The fourth-order valence-corrected chi connectivity index (χ4v) is 1.44. The van der Waals surface area contributed by atoms with Gasteiger partial charge in [0.25, 0.3) is 5.69 Å². The van der Waals surface area contributed by atoms with Crippen LogP contribution in [0.25, 0.3) is 0 Å². The average molecular weight is 246 g/mol. The number of pyridine rings is 1. The van der Waals surface area contributed by atoms with Crippen molar-refractivity contribution >= 4 is 11.5 Å². The molecule has 90 valence electrons. The number of nitro groups is 1. The van der Waals surface area contributed by atoms with Gasteiger partial charge in [-0.1, -0.05) is 6.07 Å². The first-order chi connectivity index (χ1) is 8.59. The molecule has 1 aromatic heterocycles. The van der Waals surface area contributed by atoms with Crippen molar-refractivity contribution in [3.8, 4) is 0 Å². The van der Waals surface area contributed by atoms with E-state index in [4.69, 9.17) is 0 Å². The first-order valence-electron chi connectivity index (χ1n) is 4.99. The smallest absolute Gasteiger partial charge is 0.270 e. The van der Waals surface area contributed by atoms with Crippen LogP contribution in [0.2, 0.25) is 0 Å². The molecule has 0 aliphatic heterocycles. The number of rotatable bonds is 3. The minimum absolute atomic E-state index is 0.0388. The number of ketones is 1. The second-order valence-electron chi connectivity index (χ2n) is 3.47. The molecule has 0 saturated heterocycles. The van der Waals surface area contributed by atoms with Crippen molar-refractivity contribution in [3.05, 3.63) is 69.8 Å². The maximum atomic E-state index is 13.5. The summed E-state index contributed by atoms with van der Waals surface area (Å²) in [4.78, 5) is 25.6. The lowest BCUT2D eigenvalue weighted by molar-refractivity contribution is -0.384. The number of aromatic nitrogens is 1.